The van der Waals surface area contributed by atoms with Gasteiger partial charge in [-0.2, -0.15) is 0 Å². The van der Waals surface area contributed by atoms with Crippen molar-refractivity contribution in [3.8, 4) is 5.75 Å². The van der Waals surface area contributed by atoms with Crippen molar-refractivity contribution < 1.29 is 43.5 Å². The Kier molecular flexibility index (Phi) is 5.12. The molecule has 2 heterocycles. The zero-order chi connectivity index (χ0) is 20.6. The molecule has 150 valence electrons. The Labute approximate surface area is 158 Å². The van der Waals surface area contributed by atoms with E-state index in [0.29, 0.717) is 10.9 Å². The van der Waals surface area contributed by atoms with Crippen LogP contribution in [0.2, 0.25) is 0 Å². The van der Waals surface area contributed by atoms with Gasteiger partial charge >= 0.3 is 18.2 Å². The molecule has 0 radical (unpaired) electrons. The Morgan fingerprint density at radius 3 is 2.43 bits per heavy atom. The maximum Gasteiger partial charge on any atom is 0.513 e. The van der Waals surface area contributed by atoms with Gasteiger partial charge in [0.15, 0.2) is 12.0 Å². The standard InChI is InChI=1S/C17H18N2O9/c1-25-15(22)9-4-8-7-5-11(20)14(21)19(16(23)26-2)10(7)6-12(13(8)18-9)28-17(24)27-3/h4,6,11,14,18,20-21H,5H2,1-3H3/t11-,14-/m0/s1. The Morgan fingerprint density at radius 2 is 1.82 bits per heavy atom. The summed E-state index contributed by atoms with van der Waals surface area (Å²) in [6, 6.07) is 2.74. The molecule has 3 rings (SSSR count). The monoisotopic (exact) mass is 394 g/mol. The number of H-pyrrole nitrogens is 1. The second kappa shape index (κ2) is 7.37. The quantitative estimate of drug-likeness (QED) is 0.384. The van der Waals surface area contributed by atoms with Gasteiger partial charge in [-0.25, -0.2) is 19.3 Å². The number of aromatic nitrogens is 1. The number of aliphatic hydroxyl groups excluding tert-OH is 2. The highest BCUT2D eigenvalue weighted by atomic mass is 16.7. The van der Waals surface area contributed by atoms with Gasteiger partial charge in [-0.15, -0.1) is 0 Å². The number of carbonyl (C=O) groups is 3. The lowest BCUT2D eigenvalue weighted by Crippen LogP contribution is -2.51. The number of amides is 1. The van der Waals surface area contributed by atoms with E-state index in [2.05, 4.69) is 14.5 Å². The lowest BCUT2D eigenvalue weighted by Gasteiger charge is -2.36. The predicted molar refractivity (Wildman–Crippen MR) is 93.3 cm³/mol. The molecule has 0 saturated heterocycles. The Bertz CT molecular complexity index is 952. The molecule has 0 unspecified atom stereocenters. The molecule has 1 aliphatic heterocycles. The number of carbonyl (C=O) groups excluding carboxylic acids is 3. The predicted octanol–water partition coefficient (Wildman–Crippen LogP) is 0.908. The van der Waals surface area contributed by atoms with E-state index in [-0.39, 0.29) is 29.1 Å². The van der Waals surface area contributed by atoms with Gasteiger partial charge in [0.05, 0.1) is 32.5 Å². The molecule has 1 aliphatic rings. The summed E-state index contributed by atoms with van der Waals surface area (Å²) < 4.78 is 19.0. The van der Waals surface area contributed by atoms with Crippen molar-refractivity contribution in [1.82, 2.24) is 4.98 Å². The summed E-state index contributed by atoms with van der Waals surface area (Å²) >= 11 is 0. The summed E-state index contributed by atoms with van der Waals surface area (Å²) in [5.41, 5.74) is 0.886. The van der Waals surface area contributed by atoms with E-state index in [1.807, 2.05) is 0 Å². The molecular formula is C17H18N2O9. The third-order valence-corrected chi connectivity index (χ3v) is 4.38. The molecule has 2 atom stereocenters. The smallest absolute Gasteiger partial charge is 0.464 e. The number of hydrogen-bond acceptors (Lipinski definition) is 9. The van der Waals surface area contributed by atoms with Crippen LogP contribution >= 0.6 is 0 Å². The van der Waals surface area contributed by atoms with E-state index >= 15 is 0 Å². The molecule has 2 aromatic rings. The molecule has 3 N–H and O–H groups in total. The zero-order valence-electron chi connectivity index (χ0n) is 15.2. The van der Waals surface area contributed by atoms with E-state index < -0.39 is 30.5 Å². The molecule has 1 aromatic carbocycles. The molecule has 0 fully saturated rings. The highest BCUT2D eigenvalue weighted by Gasteiger charge is 2.38. The van der Waals surface area contributed by atoms with Crippen molar-refractivity contribution in [1.29, 1.82) is 0 Å². The summed E-state index contributed by atoms with van der Waals surface area (Å²) in [6.07, 6.45) is -4.88. The highest BCUT2D eigenvalue weighted by molar-refractivity contribution is 6.03. The molecule has 0 aliphatic carbocycles. The Hall–Kier alpha value is -3.31. The second-order valence-corrected chi connectivity index (χ2v) is 5.92. The van der Waals surface area contributed by atoms with Gasteiger partial charge in [0.25, 0.3) is 0 Å². The summed E-state index contributed by atoms with van der Waals surface area (Å²) in [7, 11) is 3.44. The molecule has 0 saturated carbocycles. The van der Waals surface area contributed by atoms with E-state index in [1.165, 1.54) is 19.2 Å². The fourth-order valence-electron chi connectivity index (χ4n) is 3.10. The molecule has 11 nitrogen and oxygen atoms in total. The zero-order valence-corrected chi connectivity index (χ0v) is 15.2. The number of fused-ring (bicyclic) bond motifs is 3. The minimum absolute atomic E-state index is 0.0303. The highest BCUT2D eigenvalue weighted by Crippen LogP contribution is 2.41. The number of aliphatic hydroxyl groups is 2. The number of aromatic amines is 1. The van der Waals surface area contributed by atoms with Gasteiger partial charge in [-0.3, -0.25) is 0 Å². The first kappa shape index (κ1) is 19.5. The lowest BCUT2D eigenvalue weighted by molar-refractivity contribution is 0.0129. The first-order valence-corrected chi connectivity index (χ1v) is 8.08. The normalized spacial score (nSPS) is 18.4. The third-order valence-electron chi connectivity index (χ3n) is 4.38. The maximum absolute atomic E-state index is 12.2. The Balaban J connectivity index is 2.29. The van der Waals surface area contributed by atoms with E-state index in [9.17, 15) is 24.6 Å². The number of anilines is 1. The SMILES string of the molecule is COC(=O)Oc1cc2c(c3cc(C(=O)OC)[nH]c13)C[C@H](O)[C@H](O)N2C(=O)OC. The van der Waals surface area contributed by atoms with Gasteiger partial charge < -0.3 is 34.1 Å². The number of hydrogen-bond donors (Lipinski definition) is 3. The molecule has 1 aromatic heterocycles. The van der Waals surface area contributed by atoms with Crippen LogP contribution in [0.1, 0.15) is 16.1 Å². The number of ether oxygens (including phenoxy) is 4. The van der Waals surface area contributed by atoms with Crippen LogP contribution in [-0.2, 0) is 20.6 Å². The first-order valence-electron chi connectivity index (χ1n) is 8.08. The van der Waals surface area contributed by atoms with Crippen LogP contribution < -0.4 is 9.64 Å². The second-order valence-electron chi connectivity index (χ2n) is 5.92. The maximum atomic E-state index is 12.2. The minimum atomic E-state index is -1.58. The van der Waals surface area contributed by atoms with Gasteiger partial charge in [-0.05, 0) is 11.6 Å². The van der Waals surface area contributed by atoms with Gasteiger partial charge in [0.1, 0.15) is 11.8 Å². The van der Waals surface area contributed by atoms with Gasteiger partial charge in [0.2, 0.25) is 0 Å². The summed E-state index contributed by atoms with van der Waals surface area (Å²) in [6.45, 7) is 0. The molecule has 1 amide bonds. The summed E-state index contributed by atoms with van der Waals surface area (Å²) in [5, 5.41) is 20.9. The van der Waals surface area contributed by atoms with E-state index in [0.717, 1.165) is 19.1 Å². The van der Waals surface area contributed by atoms with Crippen molar-refractivity contribution in [3.05, 3.63) is 23.4 Å². The van der Waals surface area contributed by atoms with Crippen LogP contribution in [0, 0.1) is 0 Å². The largest absolute Gasteiger partial charge is 0.513 e. The molecular weight excluding hydrogens is 376 g/mol. The fourth-order valence-corrected chi connectivity index (χ4v) is 3.10. The van der Waals surface area contributed by atoms with Crippen molar-refractivity contribution >= 4 is 34.8 Å². The van der Waals surface area contributed by atoms with Crippen LogP contribution in [0.4, 0.5) is 15.3 Å². The average molecular weight is 394 g/mol. The lowest BCUT2D eigenvalue weighted by atomic mass is 9.95. The third kappa shape index (κ3) is 3.10. The minimum Gasteiger partial charge on any atom is -0.464 e. The summed E-state index contributed by atoms with van der Waals surface area (Å²) in [5.74, 6) is -0.733. The first-order chi connectivity index (χ1) is 13.3. The average Bonchev–Trinajstić information content (AvgIpc) is 3.14. The van der Waals surface area contributed by atoms with Gasteiger partial charge in [0, 0.05) is 17.9 Å². The molecule has 0 spiro atoms. The van der Waals surface area contributed by atoms with E-state index in [1.54, 1.807) is 0 Å². The fraction of sp³-hybridized carbons (Fsp3) is 0.353. The van der Waals surface area contributed by atoms with Crippen LogP contribution in [0.25, 0.3) is 10.9 Å². The molecule has 0 bridgehead atoms. The topological polar surface area (TPSA) is 148 Å². The van der Waals surface area contributed by atoms with Crippen molar-refractivity contribution in [3.63, 3.8) is 0 Å². The van der Waals surface area contributed by atoms with Crippen LogP contribution in [0.3, 0.4) is 0 Å². The van der Waals surface area contributed by atoms with Crippen molar-refractivity contribution in [2.45, 2.75) is 18.8 Å². The van der Waals surface area contributed by atoms with Gasteiger partial charge in [-0.1, -0.05) is 0 Å². The summed E-state index contributed by atoms with van der Waals surface area (Å²) in [4.78, 5) is 39.4. The van der Waals surface area contributed by atoms with Crippen LogP contribution in [0.5, 0.6) is 5.75 Å². The van der Waals surface area contributed by atoms with Crippen molar-refractivity contribution in [2.24, 2.45) is 0 Å². The number of rotatable bonds is 2. The van der Waals surface area contributed by atoms with E-state index in [4.69, 9.17) is 9.47 Å². The molecule has 28 heavy (non-hydrogen) atoms. The number of benzene rings is 1. The number of methoxy groups -OCH3 is 3. The van der Waals surface area contributed by atoms with Crippen LogP contribution in [0.15, 0.2) is 12.1 Å². The number of esters is 1. The van der Waals surface area contributed by atoms with Crippen molar-refractivity contribution in [2.75, 3.05) is 26.2 Å². The number of nitrogens with one attached hydrogen (secondary N) is 1. The van der Waals surface area contributed by atoms with Crippen LogP contribution in [-0.4, -0.2) is 67.1 Å². The Morgan fingerprint density at radius 1 is 1.11 bits per heavy atom. The molecule has 11 heteroatoms. The number of nitrogens with zero attached hydrogens (tertiary/aromatic N) is 1.